The number of primary sulfonamides is 1. The van der Waals surface area contributed by atoms with Gasteiger partial charge >= 0.3 is 0 Å². The molecule has 3 aromatic rings. The van der Waals surface area contributed by atoms with Crippen LogP contribution >= 0.6 is 21.2 Å². The van der Waals surface area contributed by atoms with Gasteiger partial charge in [0.05, 0.1) is 8.47 Å². The zero-order valence-corrected chi connectivity index (χ0v) is 15.5. The maximum Gasteiger partial charge on any atom is 0.239 e. The summed E-state index contributed by atoms with van der Waals surface area (Å²) in [5, 5.41) is 5.38. The van der Waals surface area contributed by atoms with Gasteiger partial charge in [-0.2, -0.15) is 0 Å². The third kappa shape index (κ3) is 3.45. The normalized spacial score (nSPS) is 11.4. The second-order valence-electron chi connectivity index (χ2n) is 5.19. The topological polar surface area (TPSA) is 77.2 Å². The van der Waals surface area contributed by atoms with Crippen molar-refractivity contribution in [1.82, 2.24) is 0 Å². The molecule has 0 aromatic heterocycles. The molecule has 0 unspecified atom stereocenters. The number of halogens is 1. The minimum absolute atomic E-state index is 0.0643. The summed E-state index contributed by atoms with van der Waals surface area (Å²) in [6, 6.07) is 22.1. The van der Waals surface area contributed by atoms with Crippen LogP contribution in [0.4, 0.5) is 0 Å². The molecule has 3 aromatic carbocycles. The third-order valence-electron chi connectivity index (χ3n) is 3.61. The van der Waals surface area contributed by atoms with E-state index >= 15 is 0 Å². The minimum Gasteiger partial charge on any atom is -0.265 e. The van der Waals surface area contributed by atoms with E-state index in [0.717, 1.165) is 16.7 Å². The molecule has 4 nitrogen and oxygen atoms in total. The second-order valence-corrected chi connectivity index (χ2v) is 8.24. The van der Waals surface area contributed by atoms with Crippen LogP contribution in [0.3, 0.4) is 0 Å². The Bertz CT molecular complexity index is 988. The molecule has 0 heterocycles. The van der Waals surface area contributed by atoms with E-state index in [1.54, 1.807) is 0 Å². The number of rotatable bonds is 4. The quantitative estimate of drug-likeness (QED) is 0.606. The van der Waals surface area contributed by atoms with E-state index in [1.165, 1.54) is 6.07 Å². The number of benzene rings is 3. The lowest BCUT2D eigenvalue weighted by Gasteiger charge is -2.12. The molecule has 122 valence electrons. The van der Waals surface area contributed by atoms with Crippen LogP contribution in [0.2, 0.25) is 0 Å². The highest BCUT2D eigenvalue weighted by molar-refractivity contribution is 14.1. The van der Waals surface area contributed by atoms with Gasteiger partial charge in [-0.05, 0) is 34.4 Å². The molecule has 0 aliphatic carbocycles. The van der Waals surface area contributed by atoms with Gasteiger partial charge in [0.1, 0.15) is 0 Å². The lowest BCUT2D eigenvalue weighted by molar-refractivity contribution is 0.597. The molecule has 3 rings (SSSR count). The van der Waals surface area contributed by atoms with Gasteiger partial charge in [-0.15, -0.1) is 0 Å². The summed E-state index contributed by atoms with van der Waals surface area (Å²) in [4.78, 5) is -0.0643. The molecule has 0 spiro atoms. The Morgan fingerprint density at radius 2 is 1.29 bits per heavy atom. The van der Waals surface area contributed by atoms with Crippen molar-refractivity contribution in [2.24, 2.45) is 5.14 Å². The van der Waals surface area contributed by atoms with E-state index in [9.17, 15) is 11.5 Å². The number of nitrogens with two attached hydrogens (primary N) is 1. The summed E-state index contributed by atoms with van der Waals surface area (Å²) >= 11 is -1.72. The molecule has 6 heteroatoms. The Morgan fingerprint density at radius 1 is 0.750 bits per heavy atom. The van der Waals surface area contributed by atoms with Crippen LogP contribution in [-0.4, -0.2) is 8.42 Å². The summed E-state index contributed by atoms with van der Waals surface area (Å²) < 4.78 is 36.2. The van der Waals surface area contributed by atoms with Crippen molar-refractivity contribution in [3.8, 4) is 22.3 Å². The van der Waals surface area contributed by atoms with Gasteiger partial charge in [0.15, 0.2) is 21.2 Å². The van der Waals surface area contributed by atoms with E-state index in [-0.39, 0.29) is 4.90 Å². The third-order valence-corrected chi connectivity index (χ3v) is 6.52. The maximum atomic E-state index is 12.0. The van der Waals surface area contributed by atoms with E-state index in [0.29, 0.717) is 9.13 Å². The molecule has 0 fully saturated rings. The number of sulfonamides is 1. The molecule has 2 N–H and O–H groups in total. The van der Waals surface area contributed by atoms with E-state index < -0.39 is 31.2 Å². The maximum absolute atomic E-state index is 12.0. The standard InChI is InChI=1S/C18H14INO3S/c20-24(22,23)17-12-15(13-7-3-1-4-8-13)11-16(18(17)19-21)14-9-5-2-6-10-14/h1-12H,(H2,20,22,23). The molecule has 0 amide bonds. The van der Waals surface area contributed by atoms with Crippen LogP contribution in [0, 0.1) is 3.57 Å². The van der Waals surface area contributed by atoms with Crippen LogP contribution in [0.1, 0.15) is 0 Å². The fourth-order valence-electron chi connectivity index (χ4n) is 2.51. The van der Waals surface area contributed by atoms with Crippen molar-refractivity contribution >= 4 is 31.2 Å². The molecule has 24 heavy (non-hydrogen) atoms. The summed E-state index contributed by atoms with van der Waals surface area (Å²) in [6.45, 7) is 0. The Kier molecular flexibility index (Phi) is 4.88. The molecule has 0 aliphatic rings. The molecule has 0 bridgehead atoms. The van der Waals surface area contributed by atoms with E-state index in [2.05, 4.69) is 0 Å². The molecule has 0 atom stereocenters. The molecule has 0 saturated heterocycles. The van der Waals surface area contributed by atoms with Gasteiger partial charge < -0.3 is 0 Å². The molecule has 0 aliphatic heterocycles. The minimum atomic E-state index is -3.98. The van der Waals surface area contributed by atoms with Crippen LogP contribution in [0.5, 0.6) is 0 Å². The number of hydrogen-bond acceptors (Lipinski definition) is 3. The van der Waals surface area contributed by atoms with Crippen molar-refractivity contribution in [3.63, 3.8) is 0 Å². The van der Waals surface area contributed by atoms with Gasteiger partial charge in [0, 0.05) is 0 Å². The molecular formula is C18H14INO3S. The SMILES string of the molecule is NS(=O)(=O)c1cc(-c2ccccc2)cc(-c2ccccc2)c1I=O. The average Bonchev–Trinajstić information content (AvgIpc) is 2.61. The smallest absolute Gasteiger partial charge is 0.239 e. The highest BCUT2D eigenvalue weighted by atomic mass is 127. The lowest BCUT2D eigenvalue weighted by atomic mass is 9.99. The molecule has 0 saturated carbocycles. The first kappa shape index (κ1) is 16.9. The lowest BCUT2D eigenvalue weighted by Crippen LogP contribution is -2.14. The summed E-state index contributed by atoms with van der Waals surface area (Å²) in [7, 11) is -3.98. The predicted molar refractivity (Wildman–Crippen MR) is 102 cm³/mol. The van der Waals surface area contributed by atoms with Gasteiger partial charge in [-0.25, -0.2) is 13.6 Å². The highest BCUT2D eigenvalue weighted by Crippen LogP contribution is 2.36. The van der Waals surface area contributed by atoms with Crippen LogP contribution < -0.4 is 5.14 Å². The predicted octanol–water partition coefficient (Wildman–Crippen LogP) is 4.15. The van der Waals surface area contributed by atoms with E-state index in [4.69, 9.17) is 5.14 Å². The fraction of sp³-hybridized carbons (Fsp3) is 0. The Balaban J connectivity index is 2.37. The Hall–Kier alpha value is -1.90. The highest BCUT2D eigenvalue weighted by Gasteiger charge is 2.21. The van der Waals surface area contributed by atoms with Crippen LogP contribution in [-0.2, 0) is 13.1 Å². The summed E-state index contributed by atoms with van der Waals surface area (Å²) in [6.07, 6.45) is 0. The number of hydrogen-bond donors (Lipinski definition) is 1. The van der Waals surface area contributed by atoms with Gasteiger partial charge in [-0.3, -0.25) is 3.07 Å². The fourth-order valence-corrected chi connectivity index (χ4v) is 5.37. The molecule has 0 radical (unpaired) electrons. The Labute approximate surface area is 151 Å². The van der Waals surface area contributed by atoms with Crippen LogP contribution in [0.15, 0.2) is 77.7 Å². The van der Waals surface area contributed by atoms with Crippen molar-refractivity contribution < 1.29 is 11.5 Å². The van der Waals surface area contributed by atoms with Gasteiger partial charge in [-0.1, -0.05) is 60.7 Å². The monoisotopic (exact) mass is 451 g/mol. The first-order valence-electron chi connectivity index (χ1n) is 7.09. The van der Waals surface area contributed by atoms with E-state index in [1.807, 2.05) is 66.7 Å². The van der Waals surface area contributed by atoms with Gasteiger partial charge in [0.25, 0.3) is 0 Å². The summed E-state index contributed by atoms with van der Waals surface area (Å²) in [5.74, 6) is 0. The largest absolute Gasteiger partial charge is 0.265 e. The zero-order chi connectivity index (χ0) is 17.2. The van der Waals surface area contributed by atoms with Gasteiger partial charge in [0.2, 0.25) is 10.0 Å². The summed E-state index contributed by atoms with van der Waals surface area (Å²) in [5.41, 5.74) is 3.05. The van der Waals surface area contributed by atoms with Crippen molar-refractivity contribution in [2.45, 2.75) is 4.90 Å². The average molecular weight is 451 g/mol. The second kappa shape index (κ2) is 6.92. The van der Waals surface area contributed by atoms with Crippen molar-refractivity contribution in [1.29, 1.82) is 0 Å². The molecular weight excluding hydrogens is 437 g/mol. The van der Waals surface area contributed by atoms with Crippen LogP contribution in [0.25, 0.3) is 22.3 Å². The Morgan fingerprint density at radius 3 is 1.79 bits per heavy atom. The first-order chi connectivity index (χ1) is 11.5. The first-order valence-corrected chi connectivity index (χ1v) is 10.6. The van der Waals surface area contributed by atoms with Crippen molar-refractivity contribution in [3.05, 3.63) is 76.4 Å². The van der Waals surface area contributed by atoms with Crippen molar-refractivity contribution in [2.75, 3.05) is 0 Å². The zero-order valence-electron chi connectivity index (χ0n) is 12.5.